The monoisotopic (exact) mass is 275 g/mol. The summed E-state index contributed by atoms with van der Waals surface area (Å²) in [5, 5.41) is 4.05. The Balaban J connectivity index is 2.09. The molecule has 2 rings (SSSR count). The van der Waals surface area contributed by atoms with Crippen molar-refractivity contribution in [3.8, 4) is 0 Å². The van der Waals surface area contributed by atoms with Crippen LogP contribution in [-0.2, 0) is 0 Å². The maximum atomic E-state index is 13.0. The van der Waals surface area contributed by atoms with Crippen molar-refractivity contribution in [2.45, 2.75) is 38.6 Å². The van der Waals surface area contributed by atoms with Crippen LogP contribution in [0.3, 0.4) is 0 Å². The summed E-state index contributed by atoms with van der Waals surface area (Å²) < 4.78 is 13.0. The minimum atomic E-state index is -0.400. The third-order valence-corrected chi connectivity index (χ3v) is 4.07. The predicted molar refractivity (Wildman–Crippen MR) is 71.5 cm³/mol. The summed E-state index contributed by atoms with van der Waals surface area (Å²) in [6.07, 6.45) is 4.72. The van der Waals surface area contributed by atoms with Gasteiger partial charge in [0.1, 0.15) is 5.82 Å². The number of rotatable bonds is 3. The minimum Gasteiger partial charge on any atom is -0.380 e. The lowest BCUT2D eigenvalue weighted by Gasteiger charge is -2.17. The van der Waals surface area contributed by atoms with Crippen molar-refractivity contribution in [2.24, 2.45) is 5.92 Å². The third kappa shape index (κ3) is 3.05. The van der Waals surface area contributed by atoms with Gasteiger partial charge >= 0.3 is 0 Å². The second kappa shape index (κ2) is 5.45. The van der Waals surface area contributed by atoms with Crippen LogP contribution in [0.5, 0.6) is 0 Å². The summed E-state index contributed by atoms with van der Waals surface area (Å²) in [5.41, 5.74) is 0.663. The largest absolute Gasteiger partial charge is 0.380 e. The lowest BCUT2D eigenvalue weighted by atomic mass is 10.1. The van der Waals surface area contributed by atoms with Crippen LogP contribution in [0.4, 0.5) is 10.1 Å². The van der Waals surface area contributed by atoms with Crippen LogP contribution in [0.25, 0.3) is 0 Å². The molecular formula is C13H16Cl2FN. The van der Waals surface area contributed by atoms with E-state index in [1.807, 2.05) is 0 Å². The van der Waals surface area contributed by atoms with Crippen molar-refractivity contribution < 1.29 is 4.39 Å². The first-order chi connectivity index (χ1) is 8.10. The number of hydrogen-bond acceptors (Lipinski definition) is 1. The molecule has 0 aromatic heterocycles. The second-order valence-corrected chi connectivity index (χ2v) is 5.49. The van der Waals surface area contributed by atoms with Crippen molar-refractivity contribution in [3.05, 3.63) is 28.0 Å². The molecule has 17 heavy (non-hydrogen) atoms. The van der Waals surface area contributed by atoms with Crippen LogP contribution in [0.1, 0.15) is 32.6 Å². The Morgan fingerprint density at radius 3 is 2.47 bits per heavy atom. The van der Waals surface area contributed by atoms with Gasteiger partial charge in [0, 0.05) is 6.04 Å². The average Bonchev–Trinajstić information content (AvgIpc) is 2.71. The van der Waals surface area contributed by atoms with Gasteiger partial charge in [0.25, 0.3) is 0 Å². The predicted octanol–water partition coefficient (Wildman–Crippen LogP) is 5.12. The minimum absolute atomic E-state index is 0.356. The van der Waals surface area contributed by atoms with Gasteiger partial charge in [0.05, 0.1) is 15.7 Å². The number of hydrogen-bond donors (Lipinski definition) is 1. The van der Waals surface area contributed by atoms with Crippen LogP contribution in [-0.4, -0.2) is 6.04 Å². The summed E-state index contributed by atoms with van der Waals surface area (Å²) in [5.74, 6) is 0.383. The molecule has 1 saturated carbocycles. The van der Waals surface area contributed by atoms with E-state index in [0.717, 1.165) is 18.8 Å². The Morgan fingerprint density at radius 1 is 1.29 bits per heavy atom. The van der Waals surface area contributed by atoms with Gasteiger partial charge in [0.15, 0.2) is 0 Å². The number of nitrogens with one attached hydrogen (secondary N) is 1. The Bertz CT molecular complexity index is 385. The van der Waals surface area contributed by atoms with E-state index in [0.29, 0.717) is 21.8 Å². The van der Waals surface area contributed by atoms with Crippen LogP contribution < -0.4 is 5.32 Å². The Kier molecular flexibility index (Phi) is 4.16. The highest BCUT2D eigenvalue weighted by Gasteiger charge is 2.24. The van der Waals surface area contributed by atoms with Crippen molar-refractivity contribution in [2.75, 3.05) is 5.32 Å². The number of halogens is 3. The summed E-state index contributed by atoms with van der Waals surface area (Å²) in [7, 11) is 0. The van der Waals surface area contributed by atoms with Gasteiger partial charge < -0.3 is 5.32 Å². The molecule has 1 N–H and O–H groups in total. The molecule has 4 heteroatoms. The van der Waals surface area contributed by atoms with Gasteiger partial charge in [-0.3, -0.25) is 0 Å². The van der Waals surface area contributed by atoms with E-state index in [9.17, 15) is 4.39 Å². The maximum Gasteiger partial charge on any atom is 0.126 e. The molecule has 1 aliphatic carbocycles. The lowest BCUT2D eigenvalue weighted by Crippen LogP contribution is -2.16. The molecule has 0 saturated heterocycles. The van der Waals surface area contributed by atoms with E-state index in [4.69, 9.17) is 23.2 Å². The molecule has 1 fully saturated rings. The van der Waals surface area contributed by atoms with Gasteiger partial charge in [-0.25, -0.2) is 4.39 Å². The highest BCUT2D eigenvalue weighted by atomic mass is 35.5. The lowest BCUT2D eigenvalue weighted by molar-refractivity contribution is 0.525. The molecule has 1 aliphatic rings. The summed E-state index contributed by atoms with van der Waals surface area (Å²) in [4.78, 5) is 0. The quantitative estimate of drug-likeness (QED) is 0.807. The van der Waals surface area contributed by atoms with Gasteiger partial charge in [-0.05, 0) is 37.3 Å². The first-order valence-electron chi connectivity index (χ1n) is 6.01. The number of benzene rings is 1. The topological polar surface area (TPSA) is 12.0 Å². The van der Waals surface area contributed by atoms with E-state index >= 15 is 0 Å². The molecule has 0 radical (unpaired) electrons. The molecule has 0 amide bonds. The van der Waals surface area contributed by atoms with Gasteiger partial charge in [-0.15, -0.1) is 0 Å². The van der Waals surface area contributed by atoms with E-state index in [-0.39, 0.29) is 0 Å². The molecule has 94 valence electrons. The molecule has 1 nitrogen and oxygen atoms in total. The zero-order valence-corrected chi connectivity index (χ0v) is 11.3. The maximum absolute atomic E-state index is 13.0. The van der Waals surface area contributed by atoms with Crippen molar-refractivity contribution in [1.29, 1.82) is 0 Å². The van der Waals surface area contributed by atoms with E-state index in [1.54, 1.807) is 0 Å². The molecule has 0 bridgehead atoms. The highest BCUT2D eigenvalue weighted by Crippen LogP contribution is 2.36. The standard InChI is InChI=1S/C13H16Cl2FN/c1-2-8-3-4-10(5-8)17-13-11(14)6-9(16)7-12(13)15/h6-8,10,17H,2-5H2,1H3. The van der Waals surface area contributed by atoms with Gasteiger partial charge in [-0.2, -0.15) is 0 Å². The average molecular weight is 276 g/mol. The summed E-state index contributed by atoms with van der Waals surface area (Å²) in [6.45, 7) is 2.21. The van der Waals surface area contributed by atoms with E-state index in [1.165, 1.54) is 25.0 Å². The van der Waals surface area contributed by atoms with Crippen molar-refractivity contribution in [3.63, 3.8) is 0 Å². The van der Waals surface area contributed by atoms with Crippen LogP contribution in [0, 0.1) is 11.7 Å². The Labute approximate surface area is 111 Å². The normalized spacial score (nSPS) is 24.0. The molecule has 2 unspecified atom stereocenters. The van der Waals surface area contributed by atoms with Crippen molar-refractivity contribution >= 4 is 28.9 Å². The van der Waals surface area contributed by atoms with Crippen LogP contribution in [0.15, 0.2) is 12.1 Å². The SMILES string of the molecule is CCC1CCC(Nc2c(Cl)cc(F)cc2Cl)C1. The molecular weight excluding hydrogens is 260 g/mol. The van der Waals surface area contributed by atoms with Gasteiger partial charge in [0.2, 0.25) is 0 Å². The smallest absolute Gasteiger partial charge is 0.126 e. The first-order valence-corrected chi connectivity index (χ1v) is 6.76. The highest BCUT2D eigenvalue weighted by molar-refractivity contribution is 6.39. The molecule has 0 spiro atoms. The van der Waals surface area contributed by atoms with Crippen LogP contribution >= 0.6 is 23.2 Å². The number of anilines is 1. The summed E-state index contributed by atoms with van der Waals surface area (Å²) in [6, 6.07) is 2.99. The zero-order valence-electron chi connectivity index (χ0n) is 9.77. The molecule has 2 atom stereocenters. The third-order valence-electron chi connectivity index (χ3n) is 3.47. The Morgan fingerprint density at radius 2 is 1.94 bits per heavy atom. The first kappa shape index (κ1) is 13.0. The molecule has 1 aromatic carbocycles. The van der Waals surface area contributed by atoms with E-state index < -0.39 is 5.82 Å². The fourth-order valence-electron chi connectivity index (χ4n) is 2.46. The van der Waals surface area contributed by atoms with E-state index in [2.05, 4.69) is 12.2 Å². The Hall–Kier alpha value is -0.470. The molecule has 1 aromatic rings. The second-order valence-electron chi connectivity index (χ2n) is 4.67. The van der Waals surface area contributed by atoms with Crippen LogP contribution in [0.2, 0.25) is 10.0 Å². The summed E-state index contributed by atoms with van der Waals surface area (Å²) >= 11 is 12.0. The zero-order chi connectivity index (χ0) is 12.4. The molecule has 0 heterocycles. The molecule has 0 aliphatic heterocycles. The van der Waals surface area contributed by atoms with Gasteiger partial charge in [-0.1, -0.05) is 36.5 Å². The van der Waals surface area contributed by atoms with Crippen molar-refractivity contribution in [1.82, 2.24) is 0 Å². The fraction of sp³-hybridized carbons (Fsp3) is 0.538. The fourth-order valence-corrected chi connectivity index (χ4v) is 3.03.